The highest BCUT2D eigenvalue weighted by molar-refractivity contribution is 6.01. The van der Waals surface area contributed by atoms with E-state index in [0.717, 1.165) is 42.6 Å². The fraction of sp³-hybridized carbons (Fsp3) is 0.320. The summed E-state index contributed by atoms with van der Waals surface area (Å²) in [7, 11) is 2.10. The highest BCUT2D eigenvalue weighted by Crippen LogP contribution is 2.33. The first kappa shape index (κ1) is 20.8. The summed E-state index contributed by atoms with van der Waals surface area (Å²) in [6.45, 7) is 6.33. The largest absolute Gasteiger partial charge is 0.349 e. The summed E-state index contributed by atoms with van der Waals surface area (Å²) in [6.07, 6.45) is 1.92. The summed E-state index contributed by atoms with van der Waals surface area (Å²) < 4.78 is 0. The van der Waals surface area contributed by atoms with Crippen molar-refractivity contribution in [3.8, 4) is 17.2 Å². The van der Waals surface area contributed by atoms with E-state index in [1.54, 1.807) is 4.90 Å². The maximum absolute atomic E-state index is 12.8. The molecule has 2 aliphatic heterocycles. The van der Waals surface area contributed by atoms with Gasteiger partial charge in [-0.3, -0.25) is 9.59 Å². The Bertz CT molecular complexity index is 1080. The molecule has 0 unspecified atom stereocenters. The lowest BCUT2D eigenvalue weighted by Gasteiger charge is -2.29. The maximum Gasteiger partial charge on any atom is 0.254 e. The predicted molar refractivity (Wildman–Crippen MR) is 119 cm³/mol. The van der Waals surface area contributed by atoms with Crippen LogP contribution in [0, 0.1) is 11.3 Å². The second-order valence-corrected chi connectivity index (χ2v) is 8.34. The molecule has 2 heterocycles. The van der Waals surface area contributed by atoms with Crippen molar-refractivity contribution in [2.24, 2.45) is 0 Å². The smallest absolute Gasteiger partial charge is 0.254 e. The first-order valence-electron chi connectivity index (χ1n) is 10.5. The summed E-state index contributed by atoms with van der Waals surface area (Å²) >= 11 is 0. The average molecular weight is 415 g/mol. The molecule has 0 atom stereocenters. The molecule has 2 aliphatic rings. The Hall–Kier alpha value is -3.43. The Morgan fingerprint density at radius 2 is 1.90 bits per heavy atom. The van der Waals surface area contributed by atoms with Gasteiger partial charge in [-0.2, -0.15) is 5.26 Å². The minimum atomic E-state index is -0.0931. The number of nitriles is 1. The number of nitrogens with zero attached hydrogens (tertiary/aromatic N) is 3. The topological polar surface area (TPSA) is 76.4 Å². The number of rotatable bonds is 5. The van der Waals surface area contributed by atoms with Gasteiger partial charge in [0.2, 0.25) is 0 Å². The molecule has 6 nitrogen and oxygen atoms in total. The number of carbonyl (C=O) groups excluding carboxylic acids is 2. The van der Waals surface area contributed by atoms with E-state index in [2.05, 4.69) is 23.8 Å². The Kier molecular flexibility index (Phi) is 5.88. The number of benzene rings is 2. The Labute approximate surface area is 182 Å². The van der Waals surface area contributed by atoms with Crippen LogP contribution in [0.4, 0.5) is 0 Å². The predicted octanol–water partition coefficient (Wildman–Crippen LogP) is 3.21. The van der Waals surface area contributed by atoms with Crippen LogP contribution in [0.2, 0.25) is 0 Å². The summed E-state index contributed by atoms with van der Waals surface area (Å²) in [6, 6.07) is 15.4. The molecule has 158 valence electrons. The number of piperidine rings is 1. The van der Waals surface area contributed by atoms with Crippen LogP contribution in [-0.4, -0.2) is 54.3 Å². The summed E-state index contributed by atoms with van der Waals surface area (Å²) in [4.78, 5) is 29.5. The van der Waals surface area contributed by atoms with Crippen molar-refractivity contribution in [3.63, 3.8) is 0 Å². The standard InChI is InChI=1S/C25H26N4O2/c1-17(14-26)15-29-16-23-21(7-4-8-22(23)25(29)31)18-5-3-6-19(13-18)24(30)27-20-9-11-28(2)12-10-20/h3-8,13,20H,1,9-12,15-16H2,2H3,(H,27,30). The van der Waals surface area contributed by atoms with Crippen LogP contribution in [0.5, 0.6) is 0 Å². The molecule has 2 amide bonds. The molecule has 0 aromatic heterocycles. The Morgan fingerprint density at radius 1 is 1.19 bits per heavy atom. The summed E-state index contributed by atoms with van der Waals surface area (Å²) in [5.41, 5.74) is 4.38. The lowest BCUT2D eigenvalue weighted by atomic mass is 9.95. The van der Waals surface area contributed by atoms with Gasteiger partial charge in [-0.25, -0.2) is 0 Å². The third-order valence-electron chi connectivity index (χ3n) is 6.07. The zero-order valence-electron chi connectivity index (χ0n) is 17.7. The number of hydrogen-bond donors (Lipinski definition) is 1. The van der Waals surface area contributed by atoms with Crippen molar-refractivity contribution in [3.05, 3.63) is 71.3 Å². The second-order valence-electron chi connectivity index (χ2n) is 8.34. The molecular weight excluding hydrogens is 388 g/mol. The highest BCUT2D eigenvalue weighted by Gasteiger charge is 2.30. The van der Waals surface area contributed by atoms with Crippen LogP contribution >= 0.6 is 0 Å². The molecule has 0 bridgehead atoms. The summed E-state index contributed by atoms with van der Waals surface area (Å²) in [5.74, 6) is -0.156. The van der Waals surface area contributed by atoms with Crippen LogP contribution in [0.25, 0.3) is 11.1 Å². The minimum absolute atomic E-state index is 0.0630. The third-order valence-corrected chi connectivity index (χ3v) is 6.07. The van der Waals surface area contributed by atoms with Crippen molar-refractivity contribution in [2.45, 2.75) is 25.4 Å². The van der Waals surface area contributed by atoms with Gasteiger partial charge in [-0.1, -0.05) is 30.8 Å². The van der Waals surface area contributed by atoms with E-state index < -0.39 is 0 Å². The van der Waals surface area contributed by atoms with Crippen molar-refractivity contribution in [2.75, 3.05) is 26.7 Å². The van der Waals surface area contributed by atoms with E-state index in [0.29, 0.717) is 23.2 Å². The third kappa shape index (κ3) is 4.37. The molecule has 0 spiro atoms. The monoisotopic (exact) mass is 414 g/mol. The minimum Gasteiger partial charge on any atom is -0.349 e. The molecule has 1 saturated heterocycles. The van der Waals surface area contributed by atoms with Crippen LogP contribution in [0.3, 0.4) is 0 Å². The van der Waals surface area contributed by atoms with E-state index in [9.17, 15) is 9.59 Å². The molecule has 6 heteroatoms. The molecule has 31 heavy (non-hydrogen) atoms. The quantitative estimate of drug-likeness (QED) is 0.763. The molecule has 2 aromatic carbocycles. The van der Waals surface area contributed by atoms with E-state index in [1.165, 1.54) is 0 Å². The number of amides is 2. The fourth-order valence-electron chi connectivity index (χ4n) is 4.30. The molecule has 0 saturated carbocycles. The van der Waals surface area contributed by atoms with Crippen molar-refractivity contribution >= 4 is 11.8 Å². The fourth-order valence-corrected chi connectivity index (χ4v) is 4.30. The maximum atomic E-state index is 12.8. The average Bonchev–Trinajstić information content (AvgIpc) is 3.10. The molecule has 2 aromatic rings. The van der Waals surface area contributed by atoms with E-state index in [1.807, 2.05) is 48.5 Å². The van der Waals surface area contributed by atoms with Crippen molar-refractivity contribution in [1.29, 1.82) is 5.26 Å². The first-order chi connectivity index (χ1) is 15.0. The molecule has 4 rings (SSSR count). The normalized spacial score (nSPS) is 16.6. The molecule has 1 N–H and O–H groups in total. The molecule has 0 aliphatic carbocycles. The Balaban J connectivity index is 1.56. The Morgan fingerprint density at radius 3 is 2.65 bits per heavy atom. The lowest BCUT2D eigenvalue weighted by Crippen LogP contribution is -2.43. The van der Waals surface area contributed by atoms with Gasteiger partial charge in [0, 0.05) is 29.3 Å². The first-order valence-corrected chi connectivity index (χ1v) is 10.5. The van der Waals surface area contributed by atoms with E-state index >= 15 is 0 Å². The number of fused-ring (bicyclic) bond motifs is 1. The van der Waals surface area contributed by atoms with Gasteiger partial charge >= 0.3 is 0 Å². The number of nitrogens with one attached hydrogen (secondary N) is 1. The summed E-state index contributed by atoms with van der Waals surface area (Å²) in [5, 5.41) is 12.2. The SMILES string of the molecule is C=C(C#N)CN1Cc2c(cccc2-c2cccc(C(=O)NC3CCN(C)CC3)c2)C1=O. The van der Waals surface area contributed by atoms with Gasteiger partial charge in [-0.15, -0.1) is 0 Å². The number of likely N-dealkylation sites (tertiary alicyclic amines) is 1. The number of hydrogen-bond acceptors (Lipinski definition) is 4. The van der Waals surface area contributed by atoms with Gasteiger partial charge < -0.3 is 15.1 Å². The zero-order valence-corrected chi connectivity index (χ0v) is 17.7. The van der Waals surface area contributed by atoms with Crippen LogP contribution in [0.1, 0.15) is 39.1 Å². The van der Waals surface area contributed by atoms with Gasteiger partial charge in [0.25, 0.3) is 11.8 Å². The van der Waals surface area contributed by atoms with Gasteiger partial charge in [-0.05, 0) is 67.9 Å². The lowest BCUT2D eigenvalue weighted by molar-refractivity contribution is 0.0793. The van der Waals surface area contributed by atoms with Gasteiger partial charge in [0.1, 0.15) is 0 Å². The van der Waals surface area contributed by atoms with Crippen LogP contribution in [-0.2, 0) is 6.54 Å². The second kappa shape index (κ2) is 8.75. The van der Waals surface area contributed by atoms with Crippen LogP contribution in [0.15, 0.2) is 54.6 Å². The highest BCUT2D eigenvalue weighted by atomic mass is 16.2. The van der Waals surface area contributed by atoms with E-state index in [4.69, 9.17) is 5.26 Å². The van der Waals surface area contributed by atoms with Crippen LogP contribution < -0.4 is 5.32 Å². The molecule has 1 fully saturated rings. The van der Waals surface area contributed by atoms with Gasteiger partial charge in [0.15, 0.2) is 0 Å². The molecular formula is C25H26N4O2. The number of carbonyl (C=O) groups is 2. The van der Waals surface area contributed by atoms with Gasteiger partial charge in [0.05, 0.1) is 12.6 Å². The van der Waals surface area contributed by atoms with Crippen molar-refractivity contribution < 1.29 is 9.59 Å². The van der Waals surface area contributed by atoms with Crippen molar-refractivity contribution in [1.82, 2.24) is 15.1 Å². The molecule has 0 radical (unpaired) electrons. The van der Waals surface area contributed by atoms with E-state index in [-0.39, 0.29) is 24.4 Å². The zero-order chi connectivity index (χ0) is 22.0.